The van der Waals surface area contributed by atoms with Gasteiger partial charge in [0.2, 0.25) is 0 Å². The van der Waals surface area contributed by atoms with Gasteiger partial charge in [0.15, 0.2) is 0 Å². The maximum atomic E-state index is 13.5. The number of hydrogen-bond donors (Lipinski definition) is 1. The first kappa shape index (κ1) is 13.5. The zero-order valence-electron chi connectivity index (χ0n) is 8.76. The van der Waals surface area contributed by atoms with Gasteiger partial charge in [-0.05, 0) is 12.5 Å². The molecule has 0 heterocycles. The summed E-state index contributed by atoms with van der Waals surface area (Å²) in [4.78, 5) is 0. The molecule has 92 valence electrons. The quantitative estimate of drug-likeness (QED) is 0.641. The van der Waals surface area contributed by atoms with Crippen LogP contribution in [0.15, 0.2) is 18.2 Å². The van der Waals surface area contributed by atoms with E-state index in [0.717, 1.165) is 12.1 Å². The van der Waals surface area contributed by atoms with E-state index in [4.69, 9.17) is 6.42 Å². The predicted molar refractivity (Wildman–Crippen MR) is 54.4 cm³/mol. The summed E-state index contributed by atoms with van der Waals surface area (Å²) < 4.78 is 50.7. The van der Waals surface area contributed by atoms with Gasteiger partial charge in [0.25, 0.3) is 0 Å². The molecule has 0 amide bonds. The molecule has 0 saturated heterocycles. The Balaban J connectivity index is 3.07. The van der Waals surface area contributed by atoms with Crippen LogP contribution in [0.2, 0.25) is 0 Å². The van der Waals surface area contributed by atoms with Gasteiger partial charge in [0, 0.05) is 12.0 Å². The highest BCUT2D eigenvalue weighted by molar-refractivity contribution is 5.29. The summed E-state index contributed by atoms with van der Waals surface area (Å²) in [5, 5.41) is 9.52. The zero-order chi connectivity index (χ0) is 13.1. The number of aliphatic hydroxyl groups is 1. The monoisotopic (exact) mass is 246 g/mol. The summed E-state index contributed by atoms with van der Waals surface area (Å²) in [6, 6.07) is 2.80. The molecule has 0 aliphatic carbocycles. The van der Waals surface area contributed by atoms with E-state index in [1.54, 1.807) is 0 Å². The molecule has 1 unspecified atom stereocenters. The van der Waals surface area contributed by atoms with Crippen molar-refractivity contribution in [2.24, 2.45) is 0 Å². The van der Waals surface area contributed by atoms with Crippen LogP contribution in [0.1, 0.15) is 30.1 Å². The highest BCUT2D eigenvalue weighted by Gasteiger charge is 2.35. The molecule has 1 N–H and O–H groups in total. The van der Waals surface area contributed by atoms with Gasteiger partial charge >= 0.3 is 6.18 Å². The van der Waals surface area contributed by atoms with E-state index in [0.29, 0.717) is 6.07 Å². The summed E-state index contributed by atoms with van der Waals surface area (Å²) in [5.41, 5.74) is -1.76. The average Bonchev–Trinajstić information content (AvgIpc) is 2.24. The fraction of sp³-hybridized carbons (Fsp3) is 0.333. The summed E-state index contributed by atoms with van der Waals surface area (Å²) in [7, 11) is 0. The number of terminal acetylenes is 1. The Bertz CT molecular complexity index is 431. The Hall–Kier alpha value is -1.54. The number of rotatable bonds is 3. The minimum Gasteiger partial charge on any atom is -0.388 e. The molecular weight excluding hydrogens is 236 g/mol. The lowest BCUT2D eigenvalue weighted by Crippen LogP contribution is -2.11. The number of halogens is 4. The molecule has 0 aromatic heterocycles. The third kappa shape index (κ3) is 3.21. The first-order valence-corrected chi connectivity index (χ1v) is 4.85. The standard InChI is InChI=1S/C12H10F4O/c1-2-3-7-10(17)8-5-4-6-9(11(8)13)12(14,15)16/h1,4-6,10,17H,3,7H2. The second kappa shape index (κ2) is 5.19. The van der Waals surface area contributed by atoms with Gasteiger partial charge in [-0.1, -0.05) is 12.1 Å². The molecule has 1 aromatic rings. The fourth-order valence-corrected chi connectivity index (χ4v) is 1.40. The Morgan fingerprint density at radius 1 is 1.35 bits per heavy atom. The lowest BCUT2D eigenvalue weighted by Gasteiger charge is -2.14. The van der Waals surface area contributed by atoms with Crippen LogP contribution in [0.4, 0.5) is 17.6 Å². The van der Waals surface area contributed by atoms with Crippen molar-refractivity contribution in [3.8, 4) is 12.3 Å². The number of alkyl halides is 3. The SMILES string of the molecule is C#CCCC(O)c1cccc(C(F)(F)F)c1F. The van der Waals surface area contributed by atoms with E-state index in [-0.39, 0.29) is 18.4 Å². The van der Waals surface area contributed by atoms with E-state index >= 15 is 0 Å². The summed E-state index contributed by atoms with van der Waals surface area (Å²) >= 11 is 0. The first-order chi connectivity index (χ1) is 7.88. The van der Waals surface area contributed by atoms with Crippen LogP contribution in [0.25, 0.3) is 0 Å². The van der Waals surface area contributed by atoms with Gasteiger partial charge in [-0.3, -0.25) is 0 Å². The average molecular weight is 246 g/mol. The van der Waals surface area contributed by atoms with Gasteiger partial charge < -0.3 is 5.11 Å². The predicted octanol–water partition coefficient (Wildman–Crippen LogP) is 3.29. The van der Waals surface area contributed by atoms with Crippen molar-refractivity contribution < 1.29 is 22.7 Å². The molecular formula is C12H10F4O. The summed E-state index contributed by atoms with van der Waals surface area (Å²) in [6.07, 6.45) is -0.954. The van der Waals surface area contributed by atoms with Crippen LogP contribution in [-0.4, -0.2) is 5.11 Å². The molecule has 0 radical (unpaired) electrons. The number of benzene rings is 1. The molecule has 1 nitrogen and oxygen atoms in total. The second-order valence-electron chi connectivity index (χ2n) is 3.47. The van der Waals surface area contributed by atoms with Crippen LogP contribution in [0.5, 0.6) is 0 Å². The van der Waals surface area contributed by atoms with E-state index < -0.39 is 23.7 Å². The first-order valence-electron chi connectivity index (χ1n) is 4.85. The zero-order valence-corrected chi connectivity index (χ0v) is 8.76. The molecule has 0 saturated carbocycles. The molecule has 1 atom stereocenters. The van der Waals surface area contributed by atoms with Crippen molar-refractivity contribution in [3.63, 3.8) is 0 Å². The lowest BCUT2D eigenvalue weighted by atomic mass is 10.0. The Labute approximate surface area is 96.1 Å². The van der Waals surface area contributed by atoms with Crippen molar-refractivity contribution >= 4 is 0 Å². The number of hydrogen-bond acceptors (Lipinski definition) is 1. The molecule has 0 spiro atoms. The van der Waals surface area contributed by atoms with Crippen LogP contribution < -0.4 is 0 Å². The number of aliphatic hydroxyl groups excluding tert-OH is 1. The molecule has 5 heteroatoms. The van der Waals surface area contributed by atoms with Gasteiger partial charge in [0.05, 0.1) is 11.7 Å². The van der Waals surface area contributed by atoms with Gasteiger partial charge in [-0.15, -0.1) is 12.3 Å². The molecule has 17 heavy (non-hydrogen) atoms. The van der Waals surface area contributed by atoms with Crippen molar-refractivity contribution in [1.29, 1.82) is 0 Å². The summed E-state index contributed by atoms with van der Waals surface area (Å²) in [5.74, 6) is 0.788. The Kier molecular flexibility index (Phi) is 4.13. The minimum atomic E-state index is -4.77. The van der Waals surface area contributed by atoms with E-state index in [9.17, 15) is 22.7 Å². The normalized spacial score (nSPS) is 13.2. The molecule has 1 aromatic carbocycles. The smallest absolute Gasteiger partial charge is 0.388 e. The third-order valence-electron chi connectivity index (χ3n) is 2.26. The fourth-order valence-electron chi connectivity index (χ4n) is 1.40. The Morgan fingerprint density at radius 3 is 2.53 bits per heavy atom. The maximum Gasteiger partial charge on any atom is 0.419 e. The van der Waals surface area contributed by atoms with Crippen LogP contribution in [-0.2, 0) is 6.18 Å². The lowest BCUT2D eigenvalue weighted by molar-refractivity contribution is -0.140. The molecule has 0 bridgehead atoms. The van der Waals surface area contributed by atoms with E-state index in [1.165, 1.54) is 0 Å². The van der Waals surface area contributed by atoms with Crippen molar-refractivity contribution in [3.05, 3.63) is 35.1 Å². The van der Waals surface area contributed by atoms with Gasteiger partial charge in [0.1, 0.15) is 5.82 Å². The van der Waals surface area contributed by atoms with Crippen molar-refractivity contribution in [1.82, 2.24) is 0 Å². The van der Waals surface area contributed by atoms with Crippen molar-refractivity contribution in [2.45, 2.75) is 25.1 Å². The van der Waals surface area contributed by atoms with E-state index in [1.807, 2.05) is 0 Å². The molecule has 0 aliphatic rings. The molecule has 1 rings (SSSR count). The second-order valence-corrected chi connectivity index (χ2v) is 3.47. The Morgan fingerprint density at radius 2 is 2.00 bits per heavy atom. The van der Waals surface area contributed by atoms with Gasteiger partial charge in [-0.25, -0.2) is 4.39 Å². The molecule has 0 fully saturated rings. The van der Waals surface area contributed by atoms with Crippen LogP contribution in [0.3, 0.4) is 0 Å². The highest BCUT2D eigenvalue weighted by atomic mass is 19.4. The highest BCUT2D eigenvalue weighted by Crippen LogP contribution is 2.34. The van der Waals surface area contributed by atoms with Gasteiger partial charge in [-0.2, -0.15) is 13.2 Å². The van der Waals surface area contributed by atoms with E-state index in [2.05, 4.69) is 5.92 Å². The molecule has 0 aliphatic heterocycles. The van der Waals surface area contributed by atoms with Crippen molar-refractivity contribution in [2.75, 3.05) is 0 Å². The van der Waals surface area contributed by atoms with Crippen LogP contribution >= 0.6 is 0 Å². The maximum absolute atomic E-state index is 13.5. The summed E-state index contributed by atoms with van der Waals surface area (Å²) in [6.45, 7) is 0. The minimum absolute atomic E-state index is 0.0226. The topological polar surface area (TPSA) is 20.2 Å². The third-order valence-corrected chi connectivity index (χ3v) is 2.26. The largest absolute Gasteiger partial charge is 0.419 e. The van der Waals surface area contributed by atoms with Crippen LogP contribution in [0, 0.1) is 18.2 Å².